The third-order valence-corrected chi connectivity index (χ3v) is 3.47. The Morgan fingerprint density at radius 1 is 1.58 bits per heavy atom. The molecule has 2 heterocycles. The van der Waals surface area contributed by atoms with Gasteiger partial charge in [-0.05, 0) is 39.7 Å². The normalized spacial score (nSPS) is 23.3. The highest BCUT2D eigenvalue weighted by atomic mass is 16.5. The van der Waals surface area contributed by atoms with E-state index in [0.29, 0.717) is 30.6 Å². The molecule has 106 valence electrons. The monoisotopic (exact) mass is 266 g/mol. The third kappa shape index (κ3) is 4.31. The van der Waals surface area contributed by atoms with E-state index >= 15 is 0 Å². The minimum atomic E-state index is 0.108. The summed E-state index contributed by atoms with van der Waals surface area (Å²) in [5.41, 5.74) is 0. The molecule has 1 fully saturated rings. The average Bonchev–Trinajstić information content (AvgIpc) is 2.78. The largest absolute Gasteiger partial charge is 0.352 e. The smallest absolute Gasteiger partial charge is 0.226 e. The molecule has 1 aromatic heterocycles. The van der Waals surface area contributed by atoms with Crippen LogP contribution in [-0.2, 0) is 11.2 Å². The summed E-state index contributed by atoms with van der Waals surface area (Å²) in [7, 11) is 0. The van der Waals surface area contributed by atoms with Crippen LogP contribution in [0.4, 0.5) is 0 Å². The maximum Gasteiger partial charge on any atom is 0.226 e. The Hall–Kier alpha value is -1.43. The minimum Gasteiger partial charge on any atom is -0.352 e. The van der Waals surface area contributed by atoms with E-state index in [1.165, 1.54) is 0 Å². The maximum atomic E-state index is 11.8. The molecule has 2 unspecified atom stereocenters. The first-order valence-corrected chi connectivity index (χ1v) is 6.97. The molecule has 1 aliphatic rings. The van der Waals surface area contributed by atoms with Gasteiger partial charge in [0.2, 0.25) is 11.8 Å². The van der Waals surface area contributed by atoms with Crippen molar-refractivity contribution in [1.29, 1.82) is 0 Å². The SMILES string of the molecule is Cc1noc(CCCC(=O)NC2CCCNC2C)n1. The Bertz CT molecular complexity index is 419. The van der Waals surface area contributed by atoms with Gasteiger partial charge in [-0.1, -0.05) is 5.16 Å². The summed E-state index contributed by atoms with van der Waals surface area (Å²) in [6.45, 7) is 4.95. The number of hydrogen-bond donors (Lipinski definition) is 2. The number of nitrogens with zero attached hydrogens (tertiary/aromatic N) is 2. The zero-order valence-corrected chi connectivity index (χ0v) is 11.6. The van der Waals surface area contributed by atoms with Crippen LogP contribution in [0.1, 0.15) is 44.3 Å². The fourth-order valence-corrected chi connectivity index (χ4v) is 2.36. The second-order valence-electron chi connectivity index (χ2n) is 5.15. The number of piperidine rings is 1. The highest BCUT2D eigenvalue weighted by Gasteiger charge is 2.21. The number of nitrogens with one attached hydrogen (secondary N) is 2. The molecule has 6 nitrogen and oxygen atoms in total. The number of carbonyl (C=O) groups is 1. The van der Waals surface area contributed by atoms with Crippen molar-refractivity contribution in [3.8, 4) is 0 Å². The maximum absolute atomic E-state index is 11.8. The van der Waals surface area contributed by atoms with Crippen LogP contribution in [0, 0.1) is 6.92 Å². The number of amides is 1. The fourth-order valence-electron chi connectivity index (χ4n) is 2.36. The van der Waals surface area contributed by atoms with Crippen LogP contribution in [-0.4, -0.2) is 34.7 Å². The summed E-state index contributed by atoms with van der Waals surface area (Å²) in [6, 6.07) is 0.614. The molecule has 2 N–H and O–H groups in total. The molecular formula is C13H22N4O2. The molecule has 1 aromatic rings. The summed E-state index contributed by atoms with van der Waals surface area (Å²) in [5, 5.41) is 10.2. The molecule has 0 bridgehead atoms. The van der Waals surface area contributed by atoms with E-state index in [9.17, 15) is 4.79 Å². The van der Waals surface area contributed by atoms with E-state index < -0.39 is 0 Å². The Balaban J connectivity index is 1.66. The van der Waals surface area contributed by atoms with Crippen LogP contribution in [0.3, 0.4) is 0 Å². The molecule has 1 saturated heterocycles. The molecule has 1 aliphatic heterocycles. The van der Waals surface area contributed by atoms with E-state index in [1.54, 1.807) is 6.92 Å². The first-order chi connectivity index (χ1) is 9.15. The Morgan fingerprint density at radius 3 is 3.11 bits per heavy atom. The molecule has 2 rings (SSSR count). The summed E-state index contributed by atoms with van der Waals surface area (Å²) >= 11 is 0. The standard InChI is InChI=1S/C13H22N4O2/c1-9-11(5-4-8-14-9)16-12(18)6-3-7-13-15-10(2)17-19-13/h9,11,14H,3-8H2,1-2H3,(H,16,18). The van der Waals surface area contributed by atoms with Gasteiger partial charge in [0.25, 0.3) is 0 Å². The molecule has 1 amide bonds. The van der Waals surface area contributed by atoms with Crippen molar-refractivity contribution in [2.75, 3.05) is 6.54 Å². The Kier molecular flexibility index (Phi) is 4.90. The number of aromatic nitrogens is 2. The summed E-state index contributed by atoms with van der Waals surface area (Å²) < 4.78 is 5.01. The van der Waals surface area contributed by atoms with Crippen LogP contribution in [0.15, 0.2) is 4.52 Å². The molecule has 0 radical (unpaired) electrons. The van der Waals surface area contributed by atoms with Crippen molar-refractivity contribution in [2.45, 2.75) is 58.0 Å². The third-order valence-electron chi connectivity index (χ3n) is 3.47. The second-order valence-corrected chi connectivity index (χ2v) is 5.15. The highest BCUT2D eigenvalue weighted by molar-refractivity contribution is 5.76. The van der Waals surface area contributed by atoms with E-state index in [0.717, 1.165) is 25.8 Å². The van der Waals surface area contributed by atoms with Crippen molar-refractivity contribution >= 4 is 5.91 Å². The van der Waals surface area contributed by atoms with Gasteiger partial charge in [0.15, 0.2) is 5.82 Å². The molecule has 0 aromatic carbocycles. The van der Waals surface area contributed by atoms with Crippen molar-refractivity contribution in [2.24, 2.45) is 0 Å². The number of carbonyl (C=O) groups excluding carboxylic acids is 1. The van der Waals surface area contributed by atoms with E-state index in [2.05, 4.69) is 27.7 Å². The predicted molar refractivity (Wildman–Crippen MR) is 70.6 cm³/mol. The molecular weight excluding hydrogens is 244 g/mol. The first-order valence-electron chi connectivity index (χ1n) is 6.97. The minimum absolute atomic E-state index is 0.108. The molecule has 2 atom stereocenters. The Labute approximate surface area is 113 Å². The number of rotatable bonds is 5. The lowest BCUT2D eigenvalue weighted by Gasteiger charge is -2.30. The van der Waals surface area contributed by atoms with Crippen LogP contribution < -0.4 is 10.6 Å². The van der Waals surface area contributed by atoms with Crippen molar-refractivity contribution in [3.63, 3.8) is 0 Å². The molecule has 0 aliphatic carbocycles. The number of aryl methyl sites for hydroxylation is 2. The summed E-state index contributed by atoms with van der Waals surface area (Å²) in [4.78, 5) is 16.0. The zero-order chi connectivity index (χ0) is 13.7. The average molecular weight is 266 g/mol. The van der Waals surface area contributed by atoms with Gasteiger partial charge in [-0.15, -0.1) is 0 Å². The predicted octanol–water partition coefficient (Wildman–Crippen LogP) is 0.957. The van der Waals surface area contributed by atoms with E-state index in [1.807, 2.05) is 0 Å². The first kappa shape index (κ1) is 14.0. The van der Waals surface area contributed by atoms with Gasteiger partial charge in [-0.3, -0.25) is 4.79 Å². The van der Waals surface area contributed by atoms with Gasteiger partial charge in [-0.25, -0.2) is 0 Å². The molecule has 6 heteroatoms. The molecule has 19 heavy (non-hydrogen) atoms. The second kappa shape index (κ2) is 6.65. The van der Waals surface area contributed by atoms with Gasteiger partial charge in [-0.2, -0.15) is 4.98 Å². The van der Waals surface area contributed by atoms with Crippen LogP contribution in [0.5, 0.6) is 0 Å². The lowest BCUT2D eigenvalue weighted by atomic mass is 9.99. The van der Waals surface area contributed by atoms with Crippen LogP contribution in [0.25, 0.3) is 0 Å². The van der Waals surface area contributed by atoms with Crippen LogP contribution >= 0.6 is 0 Å². The lowest BCUT2D eigenvalue weighted by molar-refractivity contribution is -0.122. The quantitative estimate of drug-likeness (QED) is 0.829. The van der Waals surface area contributed by atoms with Crippen molar-refractivity contribution < 1.29 is 9.32 Å². The molecule has 0 saturated carbocycles. The fraction of sp³-hybridized carbons (Fsp3) is 0.769. The molecule has 0 spiro atoms. The van der Waals surface area contributed by atoms with Crippen molar-refractivity contribution in [1.82, 2.24) is 20.8 Å². The summed E-state index contributed by atoms with van der Waals surface area (Å²) in [6.07, 6.45) is 4.08. The van der Waals surface area contributed by atoms with E-state index in [4.69, 9.17) is 4.52 Å². The van der Waals surface area contributed by atoms with Gasteiger partial charge >= 0.3 is 0 Å². The van der Waals surface area contributed by atoms with Gasteiger partial charge in [0.05, 0.1) is 0 Å². The Morgan fingerprint density at radius 2 is 2.42 bits per heavy atom. The van der Waals surface area contributed by atoms with Crippen LogP contribution in [0.2, 0.25) is 0 Å². The van der Waals surface area contributed by atoms with Gasteiger partial charge < -0.3 is 15.2 Å². The van der Waals surface area contributed by atoms with Gasteiger partial charge in [0, 0.05) is 24.9 Å². The zero-order valence-electron chi connectivity index (χ0n) is 11.6. The lowest BCUT2D eigenvalue weighted by Crippen LogP contribution is -2.51. The van der Waals surface area contributed by atoms with Gasteiger partial charge in [0.1, 0.15) is 0 Å². The van der Waals surface area contributed by atoms with E-state index in [-0.39, 0.29) is 11.9 Å². The number of hydrogen-bond acceptors (Lipinski definition) is 5. The topological polar surface area (TPSA) is 80.0 Å². The summed E-state index contributed by atoms with van der Waals surface area (Å²) in [5.74, 6) is 1.36. The highest BCUT2D eigenvalue weighted by Crippen LogP contribution is 2.09. The van der Waals surface area contributed by atoms with Crippen molar-refractivity contribution in [3.05, 3.63) is 11.7 Å².